The van der Waals surface area contributed by atoms with Crippen LogP contribution in [0.3, 0.4) is 0 Å². The number of thiophene rings is 1. The fourth-order valence-corrected chi connectivity index (χ4v) is 2.20. The average Bonchev–Trinajstić information content (AvgIpc) is 2.56. The maximum absolute atomic E-state index is 5.78. The largest absolute Gasteiger partial charge is 0.367 e. The fourth-order valence-electron chi connectivity index (χ4n) is 1.44. The van der Waals surface area contributed by atoms with Crippen molar-refractivity contribution in [1.82, 2.24) is 5.32 Å². The van der Waals surface area contributed by atoms with E-state index >= 15 is 0 Å². The minimum atomic E-state index is 0.272. The molecule has 2 rings (SSSR count). The summed E-state index contributed by atoms with van der Waals surface area (Å²) in [5, 5.41) is 5.45. The predicted octanol–water partition coefficient (Wildman–Crippen LogP) is 1.80. The molecule has 3 heteroatoms. The van der Waals surface area contributed by atoms with E-state index in [0.29, 0.717) is 6.10 Å². The minimum absolute atomic E-state index is 0.272. The van der Waals surface area contributed by atoms with Gasteiger partial charge in [-0.2, -0.15) is 0 Å². The summed E-state index contributed by atoms with van der Waals surface area (Å²) in [4.78, 5) is 1.33. The molecule has 0 aliphatic carbocycles. The van der Waals surface area contributed by atoms with Gasteiger partial charge in [0.05, 0.1) is 6.10 Å². The van der Waals surface area contributed by atoms with Crippen LogP contribution in [-0.2, 0) is 4.74 Å². The molecule has 1 saturated heterocycles. The van der Waals surface area contributed by atoms with Gasteiger partial charge in [0.2, 0.25) is 0 Å². The van der Waals surface area contributed by atoms with Gasteiger partial charge < -0.3 is 10.1 Å². The summed E-state index contributed by atoms with van der Waals surface area (Å²) in [6, 6.07) is 4.21. The van der Waals surface area contributed by atoms with Gasteiger partial charge in [0.25, 0.3) is 0 Å². The normalized spacial score (nSPS) is 30.4. The summed E-state index contributed by atoms with van der Waals surface area (Å²) in [5.74, 6) is 0. The Morgan fingerprint density at radius 1 is 1.58 bits per heavy atom. The van der Waals surface area contributed by atoms with Crippen molar-refractivity contribution < 1.29 is 4.74 Å². The van der Waals surface area contributed by atoms with E-state index < -0.39 is 0 Å². The van der Waals surface area contributed by atoms with Gasteiger partial charge in [-0.05, 0) is 18.4 Å². The lowest BCUT2D eigenvalue weighted by molar-refractivity contribution is -0.0268. The molecule has 0 aromatic carbocycles. The summed E-state index contributed by atoms with van der Waals surface area (Å²) in [6.07, 6.45) is 0.611. The number of rotatable bonds is 1. The van der Waals surface area contributed by atoms with Crippen molar-refractivity contribution in [1.29, 1.82) is 0 Å². The standard InChI is InChI=1S/C9H13NOS/c1-7-5-10-6-8(11-7)9-3-2-4-12-9/h2-4,7-8,10H,5-6H2,1H3. The lowest BCUT2D eigenvalue weighted by atomic mass is 10.2. The van der Waals surface area contributed by atoms with Crippen LogP contribution in [0.15, 0.2) is 17.5 Å². The lowest BCUT2D eigenvalue weighted by Crippen LogP contribution is -2.38. The highest BCUT2D eigenvalue weighted by atomic mass is 32.1. The molecule has 1 aliphatic rings. The maximum atomic E-state index is 5.78. The van der Waals surface area contributed by atoms with E-state index in [1.807, 2.05) is 0 Å². The molecule has 1 aromatic heterocycles. The van der Waals surface area contributed by atoms with Crippen LogP contribution in [0.5, 0.6) is 0 Å². The molecule has 12 heavy (non-hydrogen) atoms. The lowest BCUT2D eigenvalue weighted by Gasteiger charge is -2.27. The molecule has 1 N–H and O–H groups in total. The fraction of sp³-hybridized carbons (Fsp3) is 0.556. The van der Waals surface area contributed by atoms with Crippen LogP contribution >= 0.6 is 11.3 Å². The highest BCUT2D eigenvalue weighted by Crippen LogP contribution is 2.24. The highest BCUT2D eigenvalue weighted by Gasteiger charge is 2.20. The Kier molecular flexibility index (Phi) is 2.44. The molecule has 1 fully saturated rings. The highest BCUT2D eigenvalue weighted by molar-refractivity contribution is 7.10. The molecule has 0 amide bonds. The number of ether oxygens (including phenoxy) is 1. The molecule has 0 bridgehead atoms. The van der Waals surface area contributed by atoms with Crippen molar-refractivity contribution in [3.05, 3.63) is 22.4 Å². The third-order valence-corrected chi connectivity index (χ3v) is 2.98. The van der Waals surface area contributed by atoms with E-state index in [1.54, 1.807) is 11.3 Å². The first-order chi connectivity index (χ1) is 5.86. The van der Waals surface area contributed by atoms with Gasteiger partial charge in [-0.1, -0.05) is 6.07 Å². The molecular formula is C9H13NOS. The summed E-state index contributed by atoms with van der Waals surface area (Å²) in [7, 11) is 0. The van der Waals surface area contributed by atoms with Crippen LogP contribution in [-0.4, -0.2) is 19.2 Å². The van der Waals surface area contributed by atoms with E-state index in [0.717, 1.165) is 13.1 Å². The predicted molar refractivity (Wildman–Crippen MR) is 50.5 cm³/mol. The summed E-state index contributed by atoms with van der Waals surface area (Å²) in [5.41, 5.74) is 0. The quantitative estimate of drug-likeness (QED) is 0.717. The molecule has 1 aliphatic heterocycles. The zero-order valence-corrected chi connectivity index (χ0v) is 7.93. The van der Waals surface area contributed by atoms with Crippen LogP contribution in [0.4, 0.5) is 0 Å². The Morgan fingerprint density at radius 3 is 3.17 bits per heavy atom. The van der Waals surface area contributed by atoms with Crippen molar-refractivity contribution in [2.75, 3.05) is 13.1 Å². The SMILES string of the molecule is CC1CNCC(c2cccs2)O1. The second kappa shape index (κ2) is 3.56. The Balaban J connectivity index is 2.04. The molecule has 2 nitrogen and oxygen atoms in total. The first-order valence-electron chi connectivity index (χ1n) is 4.26. The van der Waals surface area contributed by atoms with Crippen LogP contribution in [0, 0.1) is 0 Å². The zero-order valence-electron chi connectivity index (χ0n) is 7.12. The van der Waals surface area contributed by atoms with Crippen molar-refractivity contribution in [3.8, 4) is 0 Å². The van der Waals surface area contributed by atoms with Crippen LogP contribution < -0.4 is 5.32 Å². The number of morpholine rings is 1. The Morgan fingerprint density at radius 2 is 2.50 bits per heavy atom. The summed E-state index contributed by atoms with van der Waals surface area (Å²) in [6.45, 7) is 4.03. The van der Waals surface area contributed by atoms with Gasteiger partial charge in [0, 0.05) is 18.0 Å². The maximum Gasteiger partial charge on any atom is 0.104 e. The smallest absolute Gasteiger partial charge is 0.104 e. The topological polar surface area (TPSA) is 21.3 Å². The first kappa shape index (κ1) is 8.23. The third kappa shape index (κ3) is 1.68. The second-order valence-corrected chi connectivity index (χ2v) is 4.09. The number of hydrogen-bond donors (Lipinski definition) is 1. The Bertz CT molecular complexity index is 235. The van der Waals surface area contributed by atoms with E-state index in [2.05, 4.69) is 29.8 Å². The summed E-state index contributed by atoms with van der Waals surface area (Å²) < 4.78 is 5.78. The Labute approximate surface area is 76.6 Å². The Hall–Kier alpha value is -0.380. The molecular weight excluding hydrogens is 170 g/mol. The van der Waals surface area contributed by atoms with Crippen molar-refractivity contribution in [2.24, 2.45) is 0 Å². The van der Waals surface area contributed by atoms with E-state index in [1.165, 1.54) is 4.88 Å². The first-order valence-corrected chi connectivity index (χ1v) is 5.14. The van der Waals surface area contributed by atoms with Gasteiger partial charge in [0.15, 0.2) is 0 Å². The number of nitrogens with one attached hydrogen (secondary N) is 1. The monoisotopic (exact) mass is 183 g/mol. The van der Waals surface area contributed by atoms with Gasteiger partial charge in [-0.3, -0.25) is 0 Å². The molecule has 2 unspecified atom stereocenters. The summed E-state index contributed by atoms with van der Waals surface area (Å²) >= 11 is 1.77. The molecule has 66 valence electrons. The van der Waals surface area contributed by atoms with E-state index in [-0.39, 0.29) is 6.10 Å². The molecule has 2 atom stereocenters. The molecule has 0 spiro atoms. The average molecular weight is 183 g/mol. The third-order valence-electron chi connectivity index (χ3n) is 2.02. The van der Waals surface area contributed by atoms with E-state index in [9.17, 15) is 0 Å². The number of hydrogen-bond acceptors (Lipinski definition) is 3. The van der Waals surface area contributed by atoms with Crippen LogP contribution in [0.1, 0.15) is 17.9 Å². The van der Waals surface area contributed by atoms with Gasteiger partial charge >= 0.3 is 0 Å². The van der Waals surface area contributed by atoms with Gasteiger partial charge in [0.1, 0.15) is 6.10 Å². The molecule has 0 saturated carbocycles. The van der Waals surface area contributed by atoms with Crippen molar-refractivity contribution in [3.63, 3.8) is 0 Å². The molecule has 2 heterocycles. The molecule has 1 aromatic rings. The van der Waals surface area contributed by atoms with Gasteiger partial charge in [-0.25, -0.2) is 0 Å². The molecule has 0 radical (unpaired) electrons. The van der Waals surface area contributed by atoms with Crippen LogP contribution in [0.2, 0.25) is 0 Å². The second-order valence-electron chi connectivity index (χ2n) is 3.11. The minimum Gasteiger partial charge on any atom is -0.367 e. The van der Waals surface area contributed by atoms with E-state index in [4.69, 9.17) is 4.74 Å². The zero-order chi connectivity index (χ0) is 8.39. The van der Waals surface area contributed by atoms with Crippen molar-refractivity contribution in [2.45, 2.75) is 19.1 Å². The van der Waals surface area contributed by atoms with Crippen LogP contribution in [0.25, 0.3) is 0 Å². The van der Waals surface area contributed by atoms with Crippen molar-refractivity contribution >= 4 is 11.3 Å². The van der Waals surface area contributed by atoms with Gasteiger partial charge in [-0.15, -0.1) is 11.3 Å².